The van der Waals surface area contributed by atoms with E-state index in [1.54, 1.807) is 0 Å². The molecule has 0 saturated heterocycles. The van der Waals surface area contributed by atoms with Gasteiger partial charge in [-0.25, -0.2) is 13.8 Å². The summed E-state index contributed by atoms with van der Waals surface area (Å²) in [4.78, 5) is 3.60. The van der Waals surface area contributed by atoms with Gasteiger partial charge in [-0.3, -0.25) is 0 Å². The maximum Gasteiger partial charge on any atom is 0.256 e. The predicted octanol–water partition coefficient (Wildman–Crippen LogP) is 3.23. The van der Waals surface area contributed by atoms with Gasteiger partial charge in [0, 0.05) is 12.6 Å². The molecular formula is C14H14F2N2O. The van der Waals surface area contributed by atoms with Crippen molar-refractivity contribution >= 4 is 0 Å². The van der Waals surface area contributed by atoms with Gasteiger partial charge in [0.05, 0.1) is 6.20 Å². The SMILES string of the molecule is Cc1cc(CN)cc(C)c1Oc1ncc(F)cc1F. The average molecular weight is 264 g/mol. The van der Waals surface area contributed by atoms with Gasteiger partial charge in [0.15, 0.2) is 5.82 Å². The number of aryl methyl sites for hydroxylation is 2. The van der Waals surface area contributed by atoms with E-state index in [0.29, 0.717) is 12.3 Å². The molecule has 1 aromatic carbocycles. The van der Waals surface area contributed by atoms with Crippen molar-refractivity contribution < 1.29 is 13.5 Å². The zero-order chi connectivity index (χ0) is 14.0. The molecule has 19 heavy (non-hydrogen) atoms. The number of pyridine rings is 1. The summed E-state index contributed by atoms with van der Waals surface area (Å²) in [5.41, 5.74) is 8.19. The van der Waals surface area contributed by atoms with Crippen molar-refractivity contribution in [1.29, 1.82) is 0 Å². The molecule has 3 nitrogen and oxygen atoms in total. The van der Waals surface area contributed by atoms with Crippen molar-refractivity contribution in [1.82, 2.24) is 4.98 Å². The maximum absolute atomic E-state index is 13.5. The Kier molecular flexibility index (Phi) is 3.76. The number of benzene rings is 1. The van der Waals surface area contributed by atoms with Gasteiger partial charge in [-0.15, -0.1) is 0 Å². The Bertz CT molecular complexity index is 591. The summed E-state index contributed by atoms with van der Waals surface area (Å²) < 4.78 is 31.7. The van der Waals surface area contributed by atoms with Gasteiger partial charge in [-0.05, 0) is 30.5 Å². The lowest BCUT2D eigenvalue weighted by Crippen LogP contribution is -2.01. The molecule has 0 aliphatic rings. The average Bonchev–Trinajstić information content (AvgIpc) is 2.35. The van der Waals surface area contributed by atoms with Crippen LogP contribution in [-0.4, -0.2) is 4.98 Å². The van der Waals surface area contributed by atoms with Crippen LogP contribution in [0.1, 0.15) is 16.7 Å². The lowest BCUT2D eigenvalue weighted by molar-refractivity contribution is 0.412. The van der Waals surface area contributed by atoms with Crippen LogP contribution in [0.2, 0.25) is 0 Å². The molecule has 0 saturated carbocycles. The molecule has 0 spiro atoms. The van der Waals surface area contributed by atoms with Crippen molar-refractivity contribution in [2.75, 3.05) is 0 Å². The van der Waals surface area contributed by atoms with E-state index in [1.165, 1.54) is 0 Å². The highest BCUT2D eigenvalue weighted by Gasteiger charge is 2.12. The highest BCUT2D eigenvalue weighted by Crippen LogP contribution is 2.30. The van der Waals surface area contributed by atoms with Crippen LogP contribution in [0.3, 0.4) is 0 Å². The highest BCUT2D eigenvalue weighted by molar-refractivity contribution is 5.45. The van der Waals surface area contributed by atoms with Gasteiger partial charge in [0.1, 0.15) is 11.6 Å². The van der Waals surface area contributed by atoms with Crippen LogP contribution in [-0.2, 0) is 6.54 Å². The smallest absolute Gasteiger partial charge is 0.256 e. The Morgan fingerprint density at radius 3 is 2.32 bits per heavy atom. The zero-order valence-electron chi connectivity index (χ0n) is 10.7. The van der Waals surface area contributed by atoms with E-state index in [2.05, 4.69) is 4.98 Å². The van der Waals surface area contributed by atoms with Crippen molar-refractivity contribution in [2.24, 2.45) is 5.73 Å². The van der Waals surface area contributed by atoms with Crippen LogP contribution in [0.25, 0.3) is 0 Å². The molecule has 2 N–H and O–H groups in total. The van der Waals surface area contributed by atoms with Crippen molar-refractivity contribution in [3.8, 4) is 11.6 Å². The van der Waals surface area contributed by atoms with Crippen LogP contribution in [0, 0.1) is 25.5 Å². The van der Waals surface area contributed by atoms with Gasteiger partial charge in [0.25, 0.3) is 5.88 Å². The molecule has 0 unspecified atom stereocenters. The topological polar surface area (TPSA) is 48.1 Å². The van der Waals surface area contributed by atoms with Crippen LogP contribution in [0.5, 0.6) is 11.6 Å². The lowest BCUT2D eigenvalue weighted by Gasteiger charge is -2.13. The van der Waals surface area contributed by atoms with E-state index in [9.17, 15) is 8.78 Å². The van der Waals surface area contributed by atoms with E-state index >= 15 is 0 Å². The Hall–Kier alpha value is -2.01. The molecule has 0 aliphatic carbocycles. The third-order valence-corrected chi connectivity index (χ3v) is 2.73. The molecule has 0 aliphatic heterocycles. The minimum atomic E-state index is -0.832. The molecule has 0 bridgehead atoms. The first kappa shape index (κ1) is 13.4. The molecule has 5 heteroatoms. The minimum Gasteiger partial charge on any atom is -0.436 e. The third kappa shape index (κ3) is 2.88. The summed E-state index contributed by atoms with van der Waals surface area (Å²) in [7, 11) is 0. The first-order chi connectivity index (χ1) is 9.01. The van der Waals surface area contributed by atoms with Crippen molar-refractivity contribution in [3.05, 3.63) is 52.7 Å². The molecule has 100 valence electrons. The first-order valence-electron chi connectivity index (χ1n) is 5.80. The van der Waals surface area contributed by atoms with Gasteiger partial charge >= 0.3 is 0 Å². The molecule has 2 rings (SSSR count). The fourth-order valence-corrected chi connectivity index (χ4v) is 1.89. The van der Waals surface area contributed by atoms with Gasteiger partial charge in [-0.1, -0.05) is 12.1 Å². The van der Waals surface area contributed by atoms with E-state index in [1.807, 2.05) is 26.0 Å². The number of rotatable bonds is 3. The van der Waals surface area contributed by atoms with E-state index in [4.69, 9.17) is 10.5 Å². The summed E-state index contributed by atoms with van der Waals surface area (Å²) >= 11 is 0. The van der Waals surface area contributed by atoms with Gasteiger partial charge < -0.3 is 10.5 Å². The van der Waals surface area contributed by atoms with Gasteiger partial charge in [0.2, 0.25) is 0 Å². The number of hydrogen-bond donors (Lipinski definition) is 1. The van der Waals surface area contributed by atoms with Crippen LogP contribution in [0.4, 0.5) is 8.78 Å². The molecule has 2 aromatic rings. The van der Waals surface area contributed by atoms with E-state index in [0.717, 1.165) is 29.0 Å². The monoisotopic (exact) mass is 264 g/mol. The van der Waals surface area contributed by atoms with Crippen LogP contribution >= 0.6 is 0 Å². The van der Waals surface area contributed by atoms with Crippen molar-refractivity contribution in [2.45, 2.75) is 20.4 Å². The van der Waals surface area contributed by atoms with E-state index < -0.39 is 11.6 Å². The predicted molar refractivity (Wildman–Crippen MR) is 68.0 cm³/mol. The van der Waals surface area contributed by atoms with Crippen LogP contribution in [0.15, 0.2) is 24.4 Å². The van der Waals surface area contributed by atoms with E-state index in [-0.39, 0.29) is 5.88 Å². The number of hydrogen-bond acceptors (Lipinski definition) is 3. The largest absolute Gasteiger partial charge is 0.436 e. The number of halogens is 2. The number of aromatic nitrogens is 1. The Morgan fingerprint density at radius 2 is 1.79 bits per heavy atom. The second-order valence-corrected chi connectivity index (χ2v) is 4.31. The van der Waals surface area contributed by atoms with Crippen molar-refractivity contribution in [3.63, 3.8) is 0 Å². The minimum absolute atomic E-state index is 0.243. The number of nitrogens with zero attached hydrogens (tertiary/aromatic N) is 1. The second kappa shape index (κ2) is 5.32. The Labute approximate surface area is 110 Å². The number of nitrogens with two attached hydrogens (primary N) is 1. The highest BCUT2D eigenvalue weighted by atomic mass is 19.1. The molecule has 1 heterocycles. The molecule has 1 aromatic heterocycles. The number of ether oxygens (including phenoxy) is 1. The standard InChI is InChI=1S/C14H14F2N2O/c1-8-3-10(6-17)4-9(2)13(8)19-14-12(16)5-11(15)7-18-14/h3-5,7H,6,17H2,1-2H3. The summed E-state index contributed by atoms with van der Waals surface area (Å²) in [6.07, 6.45) is 0.914. The molecule has 0 radical (unpaired) electrons. The Morgan fingerprint density at radius 1 is 1.16 bits per heavy atom. The molecule has 0 atom stereocenters. The summed E-state index contributed by atoms with van der Waals surface area (Å²) in [5, 5.41) is 0. The molecule has 0 fully saturated rings. The Balaban J connectivity index is 2.38. The van der Waals surface area contributed by atoms with Crippen LogP contribution < -0.4 is 10.5 Å². The fraction of sp³-hybridized carbons (Fsp3) is 0.214. The lowest BCUT2D eigenvalue weighted by atomic mass is 10.1. The molecular weight excluding hydrogens is 250 g/mol. The summed E-state index contributed by atoms with van der Waals surface area (Å²) in [6.45, 7) is 4.09. The summed E-state index contributed by atoms with van der Waals surface area (Å²) in [6, 6.07) is 4.47. The zero-order valence-corrected chi connectivity index (χ0v) is 10.7. The summed E-state index contributed by atoms with van der Waals surface area (Å²) in [5.74, 6) is -1.30. The third-order valence-electron chi connectivity index (χ3n) is 2.73. The normalized spacial score (nSPS) is 10.6. The molecule has 0 amide bonds. The maximum atomic E-state index is 13.5. The first-order valence-corrected chi connectivity index (χ1v) is 5.80. The van der Waals surface area contributed by atoms with Gasteiger partial charge in [-0.2, -0.15) is 0 Å². The fourth-order valence-electron chi connectivity index (χ4n) is 1.89. The second-order valence-electron chi connectivity index (χ2n) is 4.31. The quantitative estimate of drug-likeness (QED) is 0.925.